The summed E-state index contributed by atoms with van der Waals surface area (Å²) in [4.78, 5) is 0. The van der Waals surface area contributed by atoms with Crippen LogP contribution in [0.2, 0.25) is 0 Å². The largest absolute Gasteiger partial charge is 0.444 e. The monoisotopic (exact) mass is 323 g/mol. The van der Waals surface area contributed by atoms with Gasteiger partial charge in [0.1, 0.15) is 11.6 Å². The second-order valence-electron chi connectivity index (χ2n) is 3.69. The smallest absolute Gasteiger partial charge is 0.207 e. The molecule has 0 saturated heterocycles. The van der Waals surface area contributed by atoms with Gasteiger partial charge in [0.25, 0.3) is 0 Å². The van der Waals surface area contributed by atoms with Crippen LogP contribution >= 0.6 is 27.5 Å². The zero-order chi connectivity index (χ0) is 12.5. The van der Waals surface area contributed by atoms with Gasteiger partial charge in [-0.15, -0.1) is 0 Å². The van der Waals surface area contributed by atoms with Gasteiger partial charge in [0.05, 0.1) is 10.9 Å². The summed E-state index contributed by atoms with van der Waals surface area (Å²) in [7, 11) is 0. The van der Waals surface area contributed by atoms with Crippen LogP contribution < -0.4 is 4.74 Å². The zero-order valence-electron chi connectivity index (χ0n) is 9.06. The highest BCUT2D eigenvalue weighted by molar-refractivity contribution is 9.10. The van der Waals surface area contributed by atoms with Crippen molar-refractivity contribution in [3.63, 3.8) is 0 Å². The predicted molar refractivity (Wildman–Crippen MR) is 73.8 cm³/mol. The number of aromatic nitrogens is 1. The van der Waals surface area contributed by atoms with E-state index in [1.54, 1.807) is 6.07 Å². The van der Waals surface area contributed by atoms with E-state index in [0.29, 0.717) is 15.3 Å². The first-order chi connectivity index (χ1) is 8.72. The molecule has 0 spiro atoms. The Balaban J connectivity index is 2.01. The van der Waals surface area contributed by atoms with Gasteiger partial charge >= 0.3 is 0 Å². The normalized spacial score (nSPS) is 10.8. The summed E-state index contributed by atoms with van der Waals surface area (Å²) in [6.45, 7) is 0. The quantitative estimate of drug-likeness (QED) is 0.662. The number of ether oxygens (including phenoxy) is 1. The van der Waals surface area contributed by atoms with Gasteiger partial charge in [-0.2, -0.15) is 4.37 Å². The Labute approximate surface area is 115 Å². The maximum absolute atomic E-state index is 13.2. The highest BCUT2D eigenvalue weighted by atomic mass is 79.9. The van der Waals surface area contributed by atoms with Crippen molar-refractivity contribution in [3.8, 4) is 10.8 Å². The minimum Gasteiger partial charge on any atom is -0.444 e. The molecule has 0 N–H and O–H groups in total. The van der Waals surface area contributed by atoms with Gasteiger partial charge in [0.15, 0.2) is 0 Å². The van der Waals surface area contributed by atoms with E-state index >= 15 is 0 Å². The number of fused-ring (bicyclic) bond motifs is 1. The summed E-state index contributed by atoms with van der Waals surface area (Å²) >= 11 is 4.49. The summed E-state index contributed by atoms with van der Waals surface area (Å²) in [5.74, 6) is 0.115. The lowest BCUT2D eigenvalue weighted by Gasteiger charge is -2.03. The lowest BCUT2D eigenvalue weighted by Crippen LogP contribution is -1.83. The Morgan fingerprint density at radius 2 is 2.00 bits per heavy atom. The molecule has 0 aliphatic heterocycles. The van der Waals surface area contributed by atoms with Crippen molar-refractivity contribution in [1.29, 1.82) is 0 Å². The summed E-state index contributed by atoms with van der Waals surface area (Å²) in [6, 6.07) is 12.1. The molecule has 1 heterocycles. The molecule has 3 rings (SSSR count). The lowest BCUT2D eigenvalue weighted by atomic mass is 10.2. The van der Waals surface area contributed by atoms with Crippen molar-refractivity contribution < 1.29 is 9.13 Å². The highest BCUT2D eigenvalue weighted by Crippen LogP contribution is 2.34. The lowest BCUT2D eigenvalue weighted by molar-refractivity contribution is 0.493. The van der Waals surface area contributed by atoms with Crippen molar-refractivity contribution in [2.75, 3.05) is 0 Å². The Morgan fingerprint density at radius 1 is 1.17 bits per heavy atom. The van der Waals surface area contributed by atoms with Crippen molar-refractivity contribution in [3.05, 3.63) is 52.8 Å². The number of benzene rings is 2. The molecule has 5 heteroatoms. The first-order valence-electron chi connectivity index (χ1n) is 5.21. The topological polar surface area (TPSA) is 22.1 Å². The fourth-order valence-corrected chi connectivity index (χ4v) is 2.82. The van der Waals surface area contributed by atoms with Gasteiger partial charge in [-0.1, -0.05) is 28.1 Å². The minimum atomic E-state index is -0.340. The standard InChI is InChI=1S/C13H7BrFNOS/c14-8-5-9(15)7-10(6-8)17-13-11-3-1-2-4-12(11)16-18-13/h1-7H. The van der Waals surface area contributed by atoms with Crippen LogP contribution in [0.3, 0.4) is 0 Å². The number of halogens is 2. The van der Waals surface area contributed by atoms with Crippen LogP contribution in [0.25, 0.3) is 10.9 Å². The van der Waals surface area contributed by atoms with Crippen LogP contribution in [-0.4, -0.2) is 4.37 Å². The zero-order valence-corrected chi connectivity index (χ0v) is 11.5. The molecule has 0 bridgehead atoms. The average Bonchev–Trinajstić information content (AvgIpc) is 2.72. The number of hydrogen-bond acceptors (Lipinski definition) is 3. The van der Waals surface area contributed by atoms with Crippen molar-refractivity contribution in [2.45, 2.75) is 0 Å². The maximum Gasteiger partial charge on any atom is 0.207 e. The van der Waals surface area contributed by atoms with Gasteiger partial charge in [-0.05, 0) is 24.3 Å². The second-order valence-corrected chi connectivity index (χ2v) is 5.35. The SMILES string of the molecule is Fc1cc(Br)cc(Oc2snc3ccccc23)c1. The molecule has 90 valence electrons. The van der Waals surface area contributed by atoms with Gasteiger partial charge in [-0.25, -0.2) is 4.39 Å². The van der Waals surface area contributed by atoms with Crippen molar-refractivity contribution >= 4 is 38.4 Å². The summed E-state index contributed by atoms with van der Waals surface area (Å²) in [6.07, 6.45) is 0. The third-order valence-corrected chi connectivity index (χ3v) is 3.61. The minimum absolute atomic E-state index is 0.340. The van der Waals surface area contributed by atoms with Crippen LogP contribution in [-0.2, 0) is 0 Å². The third-order valence-electron chi connectivity index (χ3n) is 2.40. The molecule has 0 radical (unpaired) electrons. The van der Waals surface area contributed by atoms with Crippen LogP contribution in [0, 0.1) is 5.82 Å². The van der Waals surface area contributed by atoms with E-state index in [0.717, 1.165) is 10.9 Å². The van der Waals surface area contributed by atoms with E-state index in [4.69, 9.17) is 4.74 Å². The molecule has 0 aliphatic carbocycles. The van der Waals surface area contributed by atoms with E-state index in [-0.39, 0.29) is 5.82 Å². The molecular weight excluding hydrogens is 317 g/mol. The maximum atomic E-state index is 13.2. The van der Waals surface area contributed by atoms with E-state index in [9.17, 15) is 4.39 Å². The van der Waals surface area contributed by atoms with Crippen molar-refractivity contribution in [1.82, 2.24) is 4.37 Å². The Bertz CT molecular complexity index is 693. The fraction of sp³-hybridized carbons (Fsp3) is 0. The molecule has 2 nitrogen and oxygen atoms in total. The molecule has 2 aromatic carbocycles. The van der Waals surface area contributed by atoms with Gasteiger partial charge < -0.3 is 4.74 Å². The van der Waals surface area contributed by atoms with E-state index < -0.39 is 0 Å². The summed E-state index contributed by atoms with van der Waals surface area (Å²) in [5, 5.41) is 1.60. The molecule has 0 unspecified atom stereocenters. The summed E-state index contributed by atoms with van der Waals surface area (Å²) in [5.41, 5.74) is 0.882. The van der Waals surface area contributed by atoms with Crippen molar-refractivity contribution in [2.24, 2.45) is 0 Å². The Morgan fingerprint density at radius 3 is 2.83 bits per heavy atom. The van der Waals surface area contributed by atoms with Gasteiger partial charge in [0, 0.05) is 22.1 Å². The van der Waals surface area contributed by atoms with E-state index in [2.05, 4.69) is 20.3 Å². The third kappa shape index (κ3) is 2.23. The van der Waals surface area contributed by atoms with Gasteiger partial charge in [0.2, 0.25) is 5.06 Å². The van der Waals surface area contributed by atoms with Crippen LogP contribution in [0.1, 0.15) is 0 Å². The van der Waals surface area contributed by atoms with Crippen LogP contribution in [0.15, 0.2) is 46.9 Å². The number of hydrogen-bond donors (Lipinski definition) is 0. The van der Waals surface area contributed by atoms with E-state index in [1.165, 1.54) is 23.7 Å². The molecule has 0 atom stereocenters. The molecule has 3 aromatic rings. The molecule has 0 amide bonds. The Hall–Kier alpha value is -1.46. The van der Waals surface area contributed by atoms with Gasteiger partial charge in [-0.3, -0.25) is 0 Å². The number of nitrogens with zero attached hydrogens (tertiary/aromatic N) is 1. The Kier molecular flexibility index (Phi) is 3.01. The molecule has 0 fully saturated rings. The van der Waals surface area contributed by atoms with Crippen LogP contribution in [0.4, 0.5) is 4.39 Å². The highest BCUT2D eigenvalue weighted by Gasteiger charge is 2.08. The molecule has 18 heavy (non-hydrogen) atoms. The predicted octanol–water partition coefficient (Wildman–Crippen LogP) is 4.99. The molecular formula is C13H7BrFNOS. The average molecular weight is 324 g/mol. The second kappa shape index (κ2) is 4.66. The van der Waals surface area contributed by atoms with Crippen LogP contribution in [0.5, 0.6) is 10.8 Å². The molecule has 0 saturated carbocycles. The molecule has 1 aromatic heterocycles. The first kappa shape index (κ1) is 11.6. The fourth-order valence-electron chi connectivity index (χ4n) is 1.63. The molecule has 0 aliphatic rings. The summed E-state index contributed by atoms with van der Waals surface area (Å²) < 4.78 is 23.8. The first-order valence-corrected chi connectivity index (χ1v) is 6.77. The van der Waals surface area contributed by atoms with E-state index in [1.807, 2.05) is 24.3 Å². The number of rotatable bonds is 2.